The number of hydrogen-bond acceptors (Lipinski definition) is 6. The summed E-state index contributed by atoms with van der Waals surface area (Å²) in [5.41, 5.74) is -5.66. The summed E-state index contributed by atoms with van der Waals surface area (Å²) in [7, 11) is -8.87. The molecule has 0 aliphatic heterocycles. The van der Waals surface area contributed by atoms with Gasteiger partial charge in [0.15, 0.2) is 0 Å². The first-order valence-electron chi connectivity index (χ1n) is 12.2. The van der Waals surface area contributed by atoms with Crippen LogP contribution >= 0.6 is 0 Å². The van der Waals surface area contributed by atoms with E-state index in [2.05, 4.69) is 0 Å². The molecule has 0 radical (unpaired) electrons. The van der Waals surface area contributed by atoms with Gasteiger partial charge in [-0.25, -0.2) is 0 Å². The standard InChI is InChI=1S/C29H22F6O6S2/c1-19-3-15-25(16-4-19)42(36,37)40-23-11-7-21(8-12-23)27(28(30,31)32,29(33,34)35)22-9-13-24(14-10-22)41-43(38,39)26-17-5-20(2)6-18-26/h3-18H,1-2H3. The zero-order valence-electron chi connectivity index (χ0n) is 22.3. The van der Waals surface area contributed by atoms with E-state index in [0.717, 1.165) is 11.1 Å². The van der Waals surface area contributed by atoms with Crippen LogP contribution in [-0.4, -0.2) is 29.2 Å². The first kappa shape index (κ1) is 31.9. The third kappa shape index (κ3) is 6.34. The molecule has 6 nitrogen and oxygen atoms in total. The van der Waals surface area contributed by atoms with Crippen LogP contribution in [0.25, 0.3) is 0 Å². The van der Waals surface area contributed by atoms with Gasteiger partial charge in [0.05, 0.1) is 0 Å². The van der Waals surface area contributed by atoms with Crippen LogP contribution in [0.2, 0.25) is 0 Å². The number of benzene rings is 4. The van der Waals surface area contributed by atoms with Gasteiger partial charge in [-0.05, 0) is 73.5 Å². The Hall–Kier alpha value is -4.04. The molecule has 0 aliphatic carbocycles. The van der Waals surface area contributed by atoms with Crippen molar-refractivity contribution in [1.29, 1.82) is 0 Å². The van der Waals surface area contributed by atoms with E-state index < -0.39 is 60.6 Å². The molecule has 0 amide bonds. The lowest BCUT2D eigenvalue weighted by atomic mass is 9.73. The van der Waals surface area contributed by atoms with Gasteiger partial charge in [0.1, 0.15) is 21.3 Å². The normalized spacial score (nSPS) is 13.0. The number of halogens is 6. The summed E-state index contributed by atoms with van der Waals surface area (Å²) < 4.78 is 147. The number of hydrogen-bond donors (Lipinski definition) is 0. The zero-order valence-corrected chi connectivity index (χ0v) is 23.9. The van der Waals surface area contributed by atoms with Crippen LogP contribution in [-0.2, 0) is 25.7 Å². The molecule has 4 aromatic carbocycles. The second-order valence-electron chi connectivity index (χ2n) is 9.50. The highest BCUT2D eigenvalue weighted by molar-refractivity contribution is 7.87. The second-order valence-corrected chi connectivity index (χ2v) is 12.6. The molecule has 0 aromatic heterocycles. The Morgan fingerprint density at radius 1 is 0.465 bits per heavy atom. The van der Waals surface area contributed by atoms with Crippen molar-refractivity contribution in [2.45, 2.75) is 41.4 Å². The smallest absolute Gasteiger partial charge is 0.379 e. The van der Waals surface area contributed by atoms with Crippen molar-refractivity contribution in [2.24, 2.45) is 0 Å². The molecule has 0 N–H and O–H groups in total. The Morgan fingerprint density at radius 2 is 0.744 bits per heavy atom. The van der Waals surface area contributed by atoms with Crippen LogP contribution in [0.4, 0.5) is 26.3 Å². The highest BCUT2D eigenvalue weighted by atomic mass is 32.2. The lowest BCUT2D eigenvalue weighted by molar-refractivity contribution is -0.288. The zero-order chi connectivity index (χ0) is 31.8. The monoisotopic (exact) mass is 644 g/mol. The van der Waals surface area contributed by atoms with Crippen LogP contribution in [0.15, 0.2) is 107 Å². The summed E-state index contributed by atoms with van der Waals surface area (Å²) in [5, 5.41) is 0. The van der Waals surface area contributed by atoms with Crippen molar-refractivity contribution in [3.8, 4) is 11.5 Å². The van der Waals surface area contributed by atoms with Crippen molar-refractivity contribution < 1.29 is 51.5 Å². The van der Waals surface area contributed by atoms with Crippen LogP contribution in [0.5, 0.6) is 11.5 Å². The topological polar surface area (TPSA) is 86.7 Å². The quantitative estimate of drug-likeness (QED) is 0.148. The molecule has 0 spiro atoms. The number of rotatable bonds is 8. The molecular formula is C29H22F6O6S2. The van der Waals surface area contributed by atoms with Crippen molar-refractivity contribution in [2.75, 3.05) is 0 Å². The summed E-state index contributed by atoms with van der Waals surface area (Å²) in [6, 6.07) is 15.4. The summed E-state index contributed by atoms with van der Waals surface area (Å²) in [4.78, 5) is -0.539. The molecule has 0 saturated carbocycles. The van der Waals surface area contributed by atoms with E-state index in [1.54, 1.807) is 13.8 Å². The summed E-state index contributed by atoms with van der Waals surface area (Å²) in [5.74, 6) is -1.04. The molecule has 0 bridgehead atoms. The van der Waals surface area contributed by atoms with E-state index in [1.807, 2.05) is 0 Å². The van der Waals surface area contributed by atoms with Gasteiger partial charge < -0.3 is 8.37 Å². The van der Waals surface area contributed by atoms with Crippen molar-refractivity contribution in [1.82, 2.24) is 0 Å². The summed E-state index contributed by atoms with van der Waals surface area (Å²) in [6.07, 6.45) is -11.9. The molecule has 0 atom stereocenters. The van der Waals surface area contributed by atoms with E-state index >= 15 is 0 Å². The number of aryl methyl sites for hydroxylation is 2. The summed E-state index contributed by atoms with van der Waals surface area (Å²) >= 11 is 0. The molecule has 43 heavy (non-hydrogen) atoms. The van der Waals surface area contributed by atoms with Gasteiger partial charge >= 0.3 is 32.6 Å². The maximum Gasteiger partial charge on any atom is 0.411 e. The van der Waals surface area contributed by atoms with Crippen LogP contribution in [0.1, 0.15) is 22.3 Å². The average Bonchev–Trinajstić information content (AvgIpc) is 2.89. The Labute approximate surface area is 243 Å². The molecule has 0 saturated heterocycles. The lowest BCUT2D eigenvalue weighted by Gasteiger charge is -2.38. The highest BCUT2D eigenvalue weighted by Crippen LogP contribution is 2.56. The molecule has 0 unspecified atom stereocenters. The van der Waals surface area contributed by atoms with Gasteiger partial charge in [0.2, 0.25) is 5.41 Å². The molecule has 228 valence electrons. The molecule has 0 aliphatic rings. The van der Waals surface area contributed by atoms with E-state index in [9.17, 15) is 43.2 Å². The summed E-state index contributed by atoms with van der Waals surface area (Å²) in [6.45, 7) is 3.41. The van der Waals surface area contributed by atoms with Gasteiger partial charge in [0.25, 0.3) is 0 Å². The third-order valence-electron chi connectivity index (χ3n) is 6.46. The number of alkyl halides is 6. The Bertz CT molecular complexity index is 1660. The van der Waals surface area contributed by atoms with E-state index in [-0.39, 0.29) is 9.79 Å². The maximum atomic E-state index is 14.5. The van der Waals surface area contributed by atoms with Crippen molar-refractivity contribution in [3.63, 3.8) is 0 Å². The maximum absolute atomic E-state index is 14.5. The van der Waals surface area contributed by atoms with Crippen LogP contribution in [0.3, 0.4) is 0 Å². The molecule has 14 heteroatoms. The highest BCUT2D eigenvalue weighted by Gasteiger charge is 2.72. The van der Waals surface area contributed by atoms with Crippen molar-refractivity contribution in [3.05, 3.63) is 119 Å². The minimum atomic E-state index is -5.95. The van der Waals surface area contributed by atoms with Gasteiger partial charge in [0, 0.05) is 0 Å². The Balaban J connectivity index is 1.71. The fourth-order valence-corrected chi connectivity index (χ4v) is 6.12. The van der Waals surface area contributed by atoms with Gasteiger partial charge in [-0.2, -0.15) is 43.2 Å². The van der Waals surface area contributed by atoms with E-state index in [0.29, 0.717) is 48.5 Å². The largest absolute Gasteiger partial charge is 0.411 e. The first-order chi connectivity index (χ1) is 19.9. The van der Waals surface area contributed by atoms with E-state index in [1.165, 1.54) is 48.5 Å². The minimum absolute atomic E-state index is 0.270. The van der Waals surface area contributed by atoms with Gasteiger partial charge in [-0.1, -0.05) is 59.7 Å². The molecule has 0 heterocycles. The fourth-order valence-electron chi connectivity index (χ4n) is 4.26. The van der Waals surface area contributed by atoms with E-state index in [4.69, 9.17) is 8.37 Å². The van der Waals surface area contributed by atoms with Crippen molar-refractivity contribution >= 4 is 20.2 Å². The predicted molar refractivity (Wildman–Crippen MR) is 144 cm³/mol. The minimum Gasteiger partial charge on any atom is -0.379 e. The average molecular weight is 645 g/mol. The lowest BCUT2D eigenvalue weighted by Crippen LogP contribution is -2.54. The van der Waals surface area contributed by atoms with Crippen LogP contribution < -0.4 is 8.37 Å². The first-order valence-corrected chi connectivity index (χ1v) is 15.1. The van der Waals surface area contributed by atoms with Crippen LogP contribution in [0, 0.1) is 13.8 Å². The molecule has 4 rings (SSSR count). The third-order valence-corrected chi connectivity index (χ3v) is 8.98. The Kier molecular flexibility index (Phi) is 8.33. The molecular weight excluding hydrogens is 622 g/mol. The second kappa shape index (κ2) is 11.2. The Morgan fingerprint density at radius 3 is 1.00 bits per heavy atom. The predicted octanol–water partition coefficient (Wildman–Crippen LogP) is 7.25. The fraction of sp³-hybridized carbons (Fsp3) is 0.172. The SMILES string of the molecule is Cc1ccc(S(=O)(=O)Oc2ccc(C(c3ccc(OS(=O)(=O)c4ccc(C)cc4)cc3)(C(F)(F)F)C(F)(F)F)cc2)cc1. The van der Waals surface area contributed by atoms with Gasteiger partial charge in [-0.15, -0.1) is 0 Å². The molecule has 0 fully saturated rings. The van der Waals surface area contributed by atoms with Gasteiger partial charge in [-0.3, -0.25) is 0 Å². The molecule has 4 aromatic rings.